The van der Waals surface area contributed by atoms with Gasteiger partial charge in [0, 0.05) is 5.56 Å². The number of rotatable bonds is 1. The van der Waals surface area contributed by atoms with Crippen LogP contribution in [0.15, 0.2) is 42.5 Å². The SMILES string of the molecule is Nc1cc(C(=O)N2CCOc3ccccc32)ccc1F. The minimum Gasteiger partial charge on any atom is -0.490 e. The molecular formula is C15H13FN2O2. The van der Waals surface area contributed by atoms with Crippen LogP contribution < -0.4 is 15.4 Å². The average molecular weight is 272 g/mol. The first kappa shape index (κ1) is 12.5. The summed E-state index contributed by atoms with van der Waals surface area (Å²) in [6, 6.07) is 11.3. The van der Waals surface area contributed by atoms with Crippen LogP contribution in [-0.2, 0) is 0 Å². The molecule has 2 N–H and O–H groups in total. The third kappa shape index (κ3) is 2.07. The van der Waals surface area contributed by atoms with Gasteiger partial charge in [-0.3, -0.25) is 4.79 Å². The molecule has 2 aromatic rings. The van der Waals surface area contributed by atoms with E-state index in [0.717, 1.165) is 0 Å². The summed E-state index contributed by atoms with van der Waals surface area (Å²) in [6.45, 7) is 0.882. The normalized spacial score (nSPS) is 13.6. The van der Waals surface area contributed by atoms with Crippen LogP contribution in [0.5, 0.6) is 5.75 Å². The van der Waals surface area contributed by atoms with Crippen LogP contribution in [0.25, 0.3) is 0 Å². The van der Waals surface area contributed by atoms with Crippen molar-refractivity contribution in [2.75, 3.05) is 23.8 Å². The van der Waals surface area contributed by atoms with Crippen LogP contribution in [0.2, 0.25) is 0 Å². The third-order valence-corrected chi connectivity index (χ3v) is 3.22. The van der Waals surface area contributed by atoms with Gasteiger partial charge in [0.2, 0.25) is 0 Å². The molecule has 5 heteroatoms. The Morgan fingerprint density at radius 2 is 2.05 bits per heavy atom. The number of nitrogens with two attached hydrogens (primary N) is 1. The third-order valence-electron chi connectivity index (χ3n) is 3.22. The second kappa shape index (κ2) is 4.85. The van der Waals surface area contributed by atoms with Crippen molar-refractivity contribution in [3.63, 3.8) is 0 Å². The van der Waals surface area contributed by atoms with E-state index in [0.29, 0.717) is 30.2 Å². The van der Waals surface area contributed by atoms with Crippen LogP contribution in [0, 0.1) is 5.82 Å². The molecule has 0 unspecified atom stereocenters. The van der Waals surface area contributed by atoms with Gasteiger partial charge in [-0.15, -0.1) is 0 Å². The van der Waals surface area contributed by atoms with E-state index in [2.05, 4.69) is 0 Å². The maximum Gasteiger partial charge on any atom is 0.258 e. The van der Waals surface area contributed by atoms with Crippen LogP contribution in [0.3, 0.4) is 0 Å². The summed E-state index contributed by atoms with van der Waals surface area (Å²) in [5.74, 6) is -0.0708. The number of hydrogen-bond acceptors (Lipinski definition) is 3. The van der Waals surface area contributed by atoms with Crippen LogP contribution in [0.1, 0.15) is 10.4 Å². The molecule has 0 saturated carbocycles. The van der Waals surface area contributed by atoms with Crippen LogP contribution in [-0.4, -0.2) is 19.1 Å². The summed E-state index contributed by atoms with van der Waals surface area (Å²) in [5.41, 5.74) is 6.56. The molecule has 20 heavy (non-hydrogen) atoms. The van der Waals surface area contributed by atoms with Crippen molar-refractivity contribution in [1.29, 1.82) is 0 Å². The van der Waals surface area contributed by atoms with Crippen molar-refractivity contribution in [2.45, 2.75) is 0 Å². The number of benzene rings is 2. The Morgan fingerprint density at radius 3 is 2.85 bits per heavy atom. The molecule has 0 aromatic heterocycles. The van der Waals surface area contributed by atoms with Gasteiger partial charge in [0.25, 0.3) is 5.91 Å². The summed E-state index contributed by atoms with van der Waals surface area (Å²) in [5, 5.41) is 0. The predicted octanol–water partition coefficient (Wildman–Crippen LogP) is 2.45. The molecule has 0 saturated heterocycles. The molecular weight excluding hydrogens is 259 g/mol. The molecule has 1 aliphatic rings. The molecule has 0 bridgehead atoms. The fraction of sp³-hybridized carbons (Fsp3) is 0.133. The highest BCUT2D eigenvalue weighted by molar-refractivity contribution is 6.07. The first-order valence-corrected chi connectivity index (χ1v) is 6.25. The molecule has 1 aliphatic heterocycles. The fourth-order valence-corrected chi connectivity index (χ4v) is 2.21. The Morgan fingerprint density at radius 1 is 1.25 bits per heavy atom. The second-order valence-corrected chi connectivity index (χ2v) is 4.51. The molecule has 4 nitrogen and oxygen atoms in total. The molecule has 0 fully saturated rings. The molecule has 0 radical (unpaired) electrons. The van der Waals surface area contributed by atoms with E-state index in [1.807, 2.05) is 24.3 Å². The Hall–Kier alpha value is -2.56. The van der Waals surface area contributed by atoms with E-state index >= 15 is 0 Å². The van der Waals surface area contributed by atoms with Gasteiger partial charge in [-0.1, -0.05) is 12.1 Å². The second-order valence-electron chi connectivity index (χ2n) is 4.51. The Bertz CT molecular complexity index is 673. The smallest absolute Gasteiger partial charge is 0.258 e. The number of carbonyl (C=O) groups is 1. The molecule has 102 valence electrons. The topological polar surface area (TPSA) is 55.6 Å². The van der Waals surface area contributed by atoms with Crippen molar-refractivity contribution in [1.82, 2.24) is 0 Å². The maximum absolute atomic E-state index is 13.2. The zero-order valence-electron chi connectivity index (χ0n) is 10.7. The lowest BCUT2D eigenvalue weighted by atomic mass is 10.1. The predicted molar refractivity (Wildman–Crippen MR) is 74.4 cm³/mol. The molecule has 3 rings (SSSR count). The number of fused-ring (bicyclic) bond motifs is 1. The molecule has 0 aliphatic carbocycles. The number of ether oxygens (including phenoxy) is 1. The number of hydrogen-bond donors (Lipinski definition) is 1. The first-order chi connectivity index (χ1) is 9.66. The van der Waals surface area contributed by atoms with Gasteiger partial charge in [0.15, 0.2) is 0 Å². The summed E-state index contributed by atoms with van der Waals surface area (Å²) in [6.07, 6.45) is 0. The number of amides is 1. The van der Waals surface area contributed by atoms with E-state index in [1.165, 1.54) is 18.2 Å². The van der Waals surface area contributed by atoms with Crippen LogP contribution >= 0.6 is 0 Å². The molecule has 0 atom stereocenters. The Kier molecular flexibility index (Phi) is 3.02. The summed E-state index contributed by atoms with van der Waals surface area (Å²) < 4.78 is 18.7. The first-order valence-electron chi connectivity index (χ1n) is 6.25. The number of nitrogens with zero attached hydrogens (tertiary/aromatic N) is 1. The lowest BCUT2D eigenvalue weighted by Crippen LogP contribution is -2.37. The number of nitrogen functional groups attached to an aromatic ring is 1. The number of para-hydroxylation sites is 2. The van der Waals surface area contributed by atoms with Gasteiger partial charge in [-0.05, 0) is 30.3 Å². The van der Waals surface area contributed by atoms with Gasteiger partial charge in [0.05, 0.1) is 17.9 Å². The van der Waals surface area contributed by atoms with Crippen molar-refractivity contribution in [3.05, 3.63) is 53.8 Å². The number of halogens is 1. The Labute approximate surface area is 115 Å². The van der Waals surface area contributed by atoms with Gasteiger partial charge < -0.3 is 15.4 Å². The summed E-state index contributed by atoms with van der Waals surface area (Å²) in [7, 11) is 0. The standard InChI is InChI=1S/C15H13FN2O2/c16-11-6-5-10(9-12(11)17)15(19)18-7-8-20-14-4-2-1-3-13(14)18/h1-6,9H,7-8,17H2. The minimum atomic E-state index is -0.524. The van der Waals surface area contributed by atoms with E-state index in [4.69, 9.17) is 10.5 Å². The van der Waals surface area contributed by atoms with Gasteiger partial charge in [-0.2, -0.15) is 0 Å². The van der Waals surface area contributed by atoms with Gasteiger partial charge in [-0.25, -0.2) is 4.39 Å². The monoisotopic (exact) mass is 272 g/mol. The molecule has 2 aromatic carbocycles. The van der Waals surface area contributed by atoms with Crippen molar-refractivity contribution in [3.8, 4) is 5.75 Å². The highest BCUT2D eigenvalue weighted by Gasteiger charge is 2.24. The zero-order valence-corrected chi connectivity index (χ0v) is 10.7. The average Bonchev–Trinajstić information content (AvgIpc) is 2.49. The molecule has 1 heterocycles. The fourth-order valence-electron chi connectivity index (χ4n) is 2.21. The largest absolute Gasteiger partial charge is 0.490 e. The highest BCUT2D eigenvalue weighted by atomic mass is 19.1. The van der Waals surface area contributed by atoms with E-state index in [1.54, 1.807) is 4.90 Å². The number of anilines is 2. The van der Waals surface area contributed by atoms with Crippen molar-refractivity contribution < 1.29 is 13.9 Å². The number of carbonyl (C=O) groups excluding carboxylic acids is 1. The van der Waals surface area contributed by atoms with Crippen molar-refractivity contribution >= 4 is 17.3 Å². The highest BCUT2D eigenvalue weighted by Crippen LogP contribution is 2.32. The minimum absolute atomic E-state index is 0.0302. The molecule has 0 spiro atoms. The van der Waals surface area contributed by atoms with E-state index in [9.17, 15) is 9.18 Å². The van der Waals surface area contributed by atoms with Gasteiger partial charge in [0.1, 0.15) is 18.2 Å². The summed E-state index contributed by atoms with van der Waals surface area (Å²) in [4.78, 5) is 14.1. The van der Waals surface area contributed by atoms with Gasteiger partial charge >= 0.3 is 0 Å². The molecule has 1 amide bonds. The lowest BCUT2D eigenvalue weighted by Gasteiger charge is -2.29. The zero-order chi connectivity index (χ0) is 14.1. The van der Waals surface area contributed by atoms with Crippen LogP contribution in [0.4, 0.5) is 15.8 Å². The Balaban J connectivity index is 1.97. The van der Waals surface area contributed by atoms with Crippen molar-refractivity contribution in [2.24, 2.45) is 0 Å². The van der Waals surface area contributed by atoms with E-state index < -0.39 is 5.82 Å². The van der Waals surface area contributed by atoms with E-state index in [-0.39, 0.29) is 11.6 Å². The lowest BCUT2D eigenvalue weighted by molar-refractivity contribution is 0.0976. The summed E-state index contributed by atoms with van der Waals surface area (Å²) >= 11 is 0. The quantitative estimate of drug-likeness (QED) is 0.811. The maximum atomic E-state index is 13.2.